The molecular formula is C20H18BrN3O2S2. The van der Waals surface area contributed by atoms with E-state index in [-0.39, 0.29) is 12.3 Å². The quantitative estimate of drug-likeness (QED) is 0.329. The molecule has 0 bridgehead atoms. The van der Waals surface area contributed by atoms with Crippen LogP contribution in [-0.2, 0) is 0 Å². The monoisotopic (exact) mass is 475 g/mol. The summed E-state index contributed by atoms with van der Waals surface area (Å²) in [4.78, 5) is 12.3. The van der Waals surface area contributed by atoms with Crippen molar-refractivity contribution in [2.75, 3.05) is 24.7 Å². The maximum absolute atomic E-state index is 12.3. The van der Waals surface area contributed by atoms with Gasteiger partial charge in [0.05, 0.1) is 18.1 Å². The standard InChI is InChI=1S/C20H18BrN3O2S2/c1-26-18-10-9-15(12-16(18)21)17(25)13-22-19-23-24-20(28-19)27-11-5-8-14-6-3-2-4-7-14/h2-10,12H,11,13H2,1H3,(H,22,23)/b8-5+. The third kappa shape index (κ3) is 5.92. The lowest BCUT2D eigenvalue weighted by Crippen LogP contribution is -2.13. The number of benzene rings is 2. The Morgan fingerprint density at radius 1 is 1.25 bits per heavy atom. The summed E-state index contributed by atoms with van der Waals surface area (Å²) >= 11 is 6.44. The first-order valence-electron chi connectivity index (χ1n) is 8.44. The summed E-state index contributed by atoms with van der Waals surface area (Å²) in [5, 5.41) is 11.9. The van der Waals surface area contributed by atoms with Crippen LogP contribution in [0.4, 0.5) is 5.13 Å². The van der Waals surface area contributed by atoms with Gasteiger partial charge in [0.2, 0.25) is 5.13 Å². The Morgan fingerprint density at radius 2 is 2.07 bits per heavy atom. The zero-order chi connectivity index (χ0) is 19.8. The summed E-state index contributed by atoms with van der Waals surface area (Å²) in [5.41, 5.74) is 1.77. The van der Waals surface area contributed by atoms with Gasteiger partial charge in [0.15, 0.2) is 10.1 Å². The molecule has 3 rings (SSSR count). The molecule has 0 aliphatic carbocycles. The van der Waals surface area contributed by atoms with Crippen molar-refractivity contribution >= 4 is 56.0 Å². The van der Waals surface area contributed by atoms with Crippen molar-refractivity contribution in [3.8, 4) is 5.75 Å². The molecule has 8 heteroatoms. The molecule has 0 spiro atoms. The number of methoxy groups -OCH3 is 1. The van der Waals surface area contributed by atoms with E-state index >= 15 is 0 Å². The third-order valence-corrected chi connectivity index (χ3v) is 6.28. The van der Waals surface area contributed by atoms with E-state index in [0.29, 0.717) is 16.4 Å². The van der Waals surface area contributed by atoms with E-state index in [0.717, 1.165) is 14.6 Å². The number of nitrogens with zero attached hydrogens (tertiary/aromatic N) is 2. The molecule has 0 aliphatic heterocycles. The normalized spacial score (nSPS) is 10.9. The van der Waals surface area contributed by atoms with Crippen molar-refractivity contribution in [3.63, 3.8) is 0 Å². The van der Waals surface area contributed by atoms with Gasteiger partial charge in [-0.3, -0.25) is 4.79 Å². The molecule has 28 heavy (non-hydrogen) atoms. The number of aromatic nitrogens is 2. The lowest BCUT2D eigenvalue weighted by Gasteiger charge is -2.06. The summed E-state index contributed by atoms with van der Waals surface area (Å²) in [6, 6.07) is 15.4. The molecule has 144 valence electrons. The van der Waals surface area contributed by atoms with Crippen molar-refractivity contribution < 1.29 is 9.53 Å². The summed E-state index contributed by atoms with van der Waals surface area (Å²) < 4.78 is 6.79. The van der Waals surface area contributed by atoms with Gasteiger partial charge in [0.1, 0.15) is 5.75 Å². The number of Topliss-reactive ketones (excluding diaryl/α,β-unsaturated/α-hetero) is 1. The fraction of sp³-hybridized carbons (Fsp3) is 0.150. The van der Waals surface area contributed by atoms with Gasteiger partial charge < -0.3 is 10.1 Å². The highest BCUT2D eigenvalue weighted by atomic mass is 79.9. The van der Waals surface area contributed by atoms with E-state index in [1.165, 1.54) is 16.9 Å². The number of nitrogens with one attached hydrogen (secondary N) is 1. The molecule has 1 heterocycles. The topological polar surface area (TPSA) is 64.1 Å². The number of ether oxygens (including phenoxy) is 1. The van der Waals surface area contributed by atoms with E-state index in [1.807, 2.05) is 18.2 Å². The predicted octanol–water partition coefficient (Wildman–Crippen LogP) is 5.41. The van der Waals surface area contributed by atoms with Crippen LogP contribution in [0, 0.1) is 0 Å². The Labute approximate surface area is 180 Å². The number of hydrogen-bond donors (Lipinski definition) is 1. The van der Waals surface area contributed by atoms with Crippen LogP contribution in [-0.4, -0.2) is 35.4 Å². The van der Waals surface area contributed by atoms with Crippen LogP contribution in [0.1, 0.15) is 15.9 Å². The Hall–Kier alpha value is -2.16. The Kier molecular flexibility index (Phi) is 7.64. The van der Waals surface area contributed by atoms with Gasteiger partial charge in [-0.2, -0.15) is 0 Å². The van der Waals surface area contributed by atoms with Crippen LogP contribution in [0.2, 0.25) is 0 Å². The van der Waals surface area contributed by atoms with Gasteiger partial charge in [-0.15, -0.1) is 10.2 Å². The van der Waals surface area contributed by atoms with Gasteiger partial charge in [0.25, 0.3) is 0 Å². The second kappa shape index (κ2) is 10.4. The van der Waals surface area contributed by atoms with E-state index in [2.05, 4.69) is 55.7 Å². The molecule has 0 saturated heterocycles. The second-order valence-electron chi connectivity index (χ2n) is 5.62. The average Bonchev–Trinajstić information content (AvgIpc) is 3.18. The predicted molar refractivity (Wildman–Crippen MR) is 120 cm³/mol. The molecule has 0 saturated carbocycles. The molecule has 2 aromatic carbocycles. The largest absolute Gasteiger partial charge is 0.496 e. The first-order chi connectivity index (χ1) is 13.7. The molecule has 1 aromatic heterocycles. The molecule has 0 amide bonds. The minimum absolute atomic E-state index is 0.0291. The fourth-order valence-corrected chi connectivity index (χ4v) is 4.43. The van der Waals surface area contributed by atoms with Gasteiger partial charge in [-0.25, -0.2) is 0 Å². The third-order valence-electron chi connectivity index (χ3n) is 3.69. The van der Waals surface area contributed by atoms with Gasteiger partial charge in [-0.1, -0.05) is 65.6 Å². The maximum Gasteiger partial charge on any atom is 0.206 e. The van der Waals surface area contributed by atoms with Crippen LogP contribution in [0.15, 0.2) is 63.4 Å². The van der Waals surface area contributed by atoms with E-state index in [9.17, 15) is 4.79 Å². The van der Waals surface area contributed by atoms with Crippen LogP contribution in [0.25, 0.3) is 6.08 Å². The average molecular weight is 476 g/mol. The molecule has 5 nitrogen and oxygen atoms in total. The first-order valence-corrected chi connectivity index (χ1v) is 11.0. The lowest BCUT2D eigenvalue weighted by molar-refractivity contribution is 0.101. The highest BCUT2D eigenvalue weighted by Crippen LogP contribution is 2.27. The van der Waals surface area contributed by atoms with Crippen LogP contribution < -0.4 is 10.1 Å². The molecule has 0 aliphatic rings. The summed E-state index contributed by atoms with van der Waals surface area (Å²) in [7, 11) is 1.59. The van der Waals surface area contributed by atoms with Gasteiger partial charge >= 0.3 is 0 Å². The molecule has 3 aromatic rings. The molecule has 0 radical (unpaired) electrons. The SMILES string of the molecule is COc1ccc(C(=O)CNc2nnc(SC/C=C/c3ccccc3)s2)cc1Br. The number of rotatable bonds is 9. The Bertz CT molecular complexity index is 961. The molecule has 0 atom stereocenters. The number of halogens is 1. The molecule has 0 unspecified atom stereocenters. The Balaban J connectivity index is 1.47. The minimum Gasteiger partial charge on any atom is -0.496 e. The Morgan fingerprint density at radius 3 is 2.82 bits per heavy atom. The van der Waals surface area contributed by atoms with Crippen LogP contribution in [0.5, 0.6) is 5.75 Å². The highest BCUT2D eigenvalue weighted by Gasteiger charge is 2.10. The lowest BCUT2D eigenvalue weighted by atomic mass is 10.1. The zero-order valence-corrected chi connectivity index (χ0v) is 18.3. The fourth-order valence-electron chi connectivity index (χ4n) is 2.31. The van der Waals surface area contributed by atoms with Crippen molar-refractivity contribution in [3.05, 3.63) is 70.2 Å². The van der Waals surface area contributed by atoms with E-state index < -0.39 is 0 Å². The van der Waals surface area contributed by atoms with Gasteiger partial charge in [0, 0.05) is 11.3 Å². The van der Waals surface area contributed by atoms with E-state index in [4.69, 9.17) is 4.74 Å². The van der Waals surface area contributed by atoms with Crippen molar-refractivity contribution in [2.24, 2.45) is 0 Å². The van der Waals surface area contributed by atoms with Crippen LogP contribution >= 0.6 is 39.0 Å². The number of hydrogen-bond acceptors (Lipinski definition) is 7. The second-order valence-corrected chi connectivity index (χ2v) is 8.72. The van der Waals surface area contributed by atoms with Crippen molar-refractivity contribution in [2.45, 2.75) is 4.34 Å². The first kappa shape index (κ1) is 20.6. The number of thioether (sulfide) groups is 1. The van der Waals surface area contributed by atoms with Crippen LogP contribution in [0.3, 0.4) is 0 Å². The molecular weight excluding hydrogens is 458 g/mol. The molecule has 1 N–H and O–H groups in total. The summed E-state index contributed by atoms with van der Waals surface area (Å²) in [5.74, 6) is 1.47. The van der Waals surface area contributed by atoms with Crippen molar-refractivity contribution in [1.29, 1.82) is 0 Å². The number of anilines is 1. The summed E-state index contributed by atoms with van der Waals surface area (Å²) in [6.45, 7) is 0.159. The number of carbonyl (C=O) groups is 1. The highest BCUT2D eigenvalue weighted by molar-refractivity contribution is 9.10. The van der Waals surface area contributed by atoms with Crippen molar-refractivity contribution in [1.82, 2.24) is 10.2 Å². The van der Waals surface area contributed by atoms with Gasteiger partial charge in [-0.05, 0) is 39.7 Å². The zero-order valence-electron chi connectivity index (χ0n) is 15.1. The molecule has 0 fully saturated rings. The maximum atomic E-state index is 12.3. The minimum atomic E-state index is -0.0291. The number of ketones is 1. The number of carbonyl (C=O) groups excluding carboxylic acids is 1. The smallest absolute Gasteiger partial charge is 0.206 e. The van der Waals surface area contributed by atoms with E-state index in [1.54, 1.807) is 37.1 Å². The summed E-state index contributed by atoms with van der Waals surface area (Å²) in [6.07, 6.45) is 4.18.